The predicted octanol–water partition coefficient (Wildman–Crippen LogP) is 4.92. The van der Waals surface area contributed by atoms with Crippen molar-refractivity contribution >= 4 is 5.91 Å². The fourth-order valence-electron chi connectivity index (χ4n) is 2.25. The first-order valence-corrected chi connectivity index (χ1v) is 7.96. The third kappa shape index (κ3) is 4.36. The molecule has 30 heavy (non-hydrogen) atoms. The Bertz CT molecular complexity index is 1100. The normalized spacial score (nSPS) is 11.6. The van der Waals surface area contributed by atoms with Crippen LogP contribution in [0.3, 0.4) is 0 Å². The van der Waals surface area contributed by atoms with Crippen molar-refractivity contribution in [1.82, 2.24) is 14.8 Å². The van der Waals surface area contributed by atoms with Gasteiger partial charge < -0.3 is 4.74 Å². The van der Waals surface area contributed by atoms with Crippen molar-refractivity contribution in [2.24, 2.45) is 5.11 Å². The lowest BCUT2D eigenvalue weighted by atomic mass is 10.1. The van der Waals surface area contributed by atoms with Gasteiger partial charge in [0.25, 0.3) is 0 Å². The lowest BCUT2D eigenvalue weighted by Crippen LogP contribution is -2.41. The van der Waals surface area contributed by atoms with Crippen molar-refractivity contribution in [3.63, 3.8) is 0 Å². The fraction of sp³-hybridized carbons (Fsp3) is 0.118. The molecule has 0 saturated heterocycles. The van der Waals surface area contributed by atoms with Gasteiger partial charge in [-0.15, -0.1) is 5.10 Å². The Hall–Kier alpha value is -3.99. The van der Waals surface area contributed by atoms with Crippen molar-refractivity contribution in [3.8, 4) is 22.8 Å². The van der Waals surface area contributed by atoms with Gasteiger partial charge in [-0.25, -0.2) is 9.67 Å². The average Bonchev–Trinajstić information content (AvgIpc) is 3.18. The molecule has 0 aliphatic heterocycles. The topological polar surface area (TPSA) is 106 Å². The van der Waals surface area contributed by atoms with Crippen LogP contribution >= 0.6 is 0 Å². The molecule has 0 spiro atoms. The van der Waals surface area contributed by atoms with E-state index in [9.17, 15) is 26.7 Å². The average molecular weight is 424 g/mol. The minimum Gasteiger partial charge on any atom is -0.426 e. The number of nitrogens with zero attached hydrogens (tertiary/aromatic N) is 6. The number of amides is 1. The van der Waals surface area contributed by atoms with E-state index in [0.717, 1.165) is 12.1 Å². The maximum absolute atomic E-state index is 12.9. The zero-order valence-corrected chi connectivity index (χ0v) is 14.6. The standard InChI is InChI=1S/C17H9F5N6O2/c18-16(19,20)17(21,22)30-13-7-5-12(6-8-13)28-9-24-14(26-28)10-1-3-11(4-2-10)15(29)25-27-23/h1-9H. The number of carbonyl (C=O) groups is 1. The van der Waals surface area contributed by atoms with Crippen LogP contribution in [-0.4, -0.2) is 33.0 Å². The number of hydrogen-bond acceptors (Lipinski definition) is 4. The Morgan fingerprint density at radius 3 is 2.23 bits per heavy atom. The molecule has 0 radical (unpaired) electrons. The quantitative estimate of drug-likeness (QED) is 0.251. The van der Waals surface area contributed by atoms with Gasteiger partial charge in [-0.3, -0.25) is 4.79 Å². The second kappa shape index (κ2) is 7.79. The van der Waals surface area contributed by atoms with Crippen LogP contribution in [-0.2, 0) is 0 Å². The molecule has 0 atom stereocenters. The molecule has 154 valence electrons. The number of halogens is 5. The molecule has 1 aromatic heterocycles. The van der Waals surface area contributed by atoms with Crippen LogP contribution in [0.2, 0.25) is 0 Å². The van der Waals surface area contributed by atoms with Crippen molar-refractivity contribution in [1.29, 1.82) is 0 Å². The number of benzene rings is 2. The molecule has 0 unspecified atom stereocenters. The Labute approximate surface area is 164 Å². The maximum Gasteiger partial charge on any atom is 0.499 e. The molecule has 1 amide bonds. The molecular weight excluding hydrogens is 415 g/mol. The summed E-state index contributed by atoms with van der Waals surface area (Å²) in [7, 11) is 0. The van der Waals surface area contributed by atoms with E-state index >= 15 is 0 Å². The summed E-state index contributed by atoms with van der Waals surface area (Å²) < 4.78 is 67.4. The highest BCUT2D eigenvalue weighted by atomic mass is 19.4. The Balaban J connectivity index is 1.76. The van der Waals surface area contributed by atoms with Crippen LogP contribution in [0.5, 0.6) is 5.75 Å². The summed E-state index contributed by atoms with van der Waals surface area (Å²) in [5, 5.41) is 7.15. The first-order chi connectivity index (χ1) is 14.1. The van der Waals surface area contributed by atoms with E-state index in [0.29, 0.717) is 11.3 Å². The number of alkyl halides is 5. The fourth-order valence-corrected chi connectivity index (χ4v) is 2.25. The summed E-state index contributed by atoms with van der Waals surface area (Å²) in [5.41, 5.74) is 9.29. The van der Waals surface area contributed by atoms with Crippen molar-refractivity contribution in [2.45, 2.75) is 12.3 Å². The van der Waals surface area contributed by atoms with Crippen molar-refractivity contribution in [3.05, 3.63) is 70.9 Å². The van der Waals surface area contributed by atoms with Gasteiger partial charge in [-0.1, -0.05) is 24.3 Å². The second-order valence-corrected chi connectivity index (χ2v) is 5.70. The summed E-state index contributed by atoms with van der Waals surface area (Å²) in [6, 6.07) is 10.2. The van der Waals surface area contributed by atoms with Gasteiger partial charge in [0.15, 0.2) is 5.82 Å². The van der Waals surface area contributed by atoms with Gasteiger partial charge in [0.2, 0.25) is 5.91 Å². The number of ether oxygens (including phenoxy) is 1. The van der Waals surface area contributed by atoms with E-state index in [1.807, 2.05) is 0 Å². The third-order valence-electron chi connectivity index (χ3n) is 3.69. The molecule has 0 fully saturated rings. The molecule has 0 saturated carbocycles. The molecule has 0 N–H and O–H groups in total. The minimum absolute atomic E-state index is 0.169. The predicted molar refractivity (Wildman–Crippen MR) is 91.9 cm³/mol. The van der Waals surface area contributed by atoms with E-state index in [2.05, 4.69) is 24.8 Å². The summed E-state index contributed by atoms with van der Waals surface area (Å²) in [5.74, 6) is -1.18. The maximum atomic E-state index is 12.9. The van der Waals surface area contributed by atoms with Gasteiger partial charge in [-0.05, 0) is 34.9 Å². The number of hydrogen-bond donors (Lipinski definition) is 0. The van der Waals surface area contributed by atoms with Gasteiger partial charge in [-0.2, -0.15) is 22.0 Å². The first kappa shape index (κ1) is 20.7. The summed E-state index contributed by atoms with van der Waals surface area (Å²) in [4.78, 5) is 18.0. The summed E-state index contributed by atoms with van der Waals surface area (Å²) >= 11 is 0. The van der Waals surface area contributed by atoms with Crippen LogP contribution < -0.4 is 4.74 Å². The highest BCUT2D eigenvalue weighted by Gasteiger charge is 2.61. The van der Waals surface area contributed by atoms with Gasteiger partial charge in [0.1, 0.15) is 12.1 Å². The molecule has 0 aliphatic carbocycles. The van der Waals surface area contributed by atoms with Crippen molar-refractivity contribution < 1.29 is 31.5 Å². The van der Waals surface area contributed by atoms with E-state index < -0.39 is 23.9 Å². The van der Waals surface area contributed by atoms with E-state index in [1.54, 1.807) is 0 Å². The number of carbonyl (C=O) groups excluding carboxylic acids is 1. The number of aromatic nitrogens is 3. The van der Waals surface area contributed by atoms with E-state index in [4.69, 9.17) is 5.53 Å². The number of rotatable bonds is 5. The van der Waals surface area contributed by atoms with Gasteiger partial charge >= 0.3 is 12.3 Å². The zero-order valence-electron chi connectivity index (χ0n) is 14.6. The molecule has 2 aromatic carbocycles. The molecule has 13 heteroatoms. The highest BCUT2D eigenvalue weighted by Crippen LogP contribution is 2.37. The molecule has 0 bridgehead atoms. The Morgan fingerprint density at radius 1 is 1.03 bits per heavy atom. The van der Waals surface area contributed by atoms with Crippen molar-refractivity contribution in [2.75, 3.05) is 0 Å². The molecule has 1 heterocycles. The van der Waals surface area contributed by atoms with Crippen LogP contribution in [0.1, 0.15) is 10.4 Å². The molecular formula is C17H9F5N6O2. The smallest absolute Gasteiger partial charge is 0.426 e. The minimum atomic E-state index is -5.84. The summed E-state index contributed by atoms with van der Waals surface area (Å²) in [6.45, 7) is 0. The SMILES string of the molecule is [N-]=[N+]=NC(=O)c1ccc(-c2ncn(-c3ccc(OC(F)(F)C(F)(F)F)cc3)n2)cc1. The lowest BCUT2D eigenvalue weighted by molar-refractivity contribution is -0.360. The van der Waals surface area contributed by atoms with Crippen LogP contribution in [0.4, 0.5) is 22.0 Å². The van der Waals surface area contributed by atoms with E-state index in [1.165, 1.54) is 47.4 Å². The highest BCUT2D eigenvalue weighted by molar-refractivity contribution is 5.95. The summed E-state index contributed by atoms with van der Waals surface area (Å²) in [6.07, 6.45) is -9.86. The molecule has 8 nitrogen and oxygen atoms in total. The lowest BCUT2D eigenvalue weighted by Gasteiger charge is -2.20. The second-order valence-electron chi connectivity index (χ2n) is 5.70. The molecule has 3 rings (SSSR count). The Morgan fingerprint density at radius 2 is 1.67 bits per heavy atom. The molecule has 3 aromatic rings. The molecule has 0 aliphatic rings. The monoisotopic (exact) mass is 424 g/mol. The zero-order chi connectivity index (χ0) is 21.9. The van der Waals surface area contributed by atoms with E-state index in [-0.39, 0.29) is 11.4 Å². The number of azide groups is 1. The van der Waals surface area contributed by atoms with Crippen LogP contribution in [0.15, 0.2) is 60.0 Å². The van der Waals surface area contributed by atoms with Crippen LogP contribution in [0, 0.1) is 0 Å². The largest absolute Gasteiger partial charge is 0.499 e. The Kier molecular flexibility index (Phi) is 5.39. The third-order valence-corrected chi connectivity index (χ3v) is 3.69. The van der Waals surface area contributed by atoms with Gasteiger partial charge in [0.05, 0.1) is 5.69 Å². The van der Waals surface area contributed by atoms with Crippen LogP contribution in [0.25, 0.3) is 27.5 Å². The van der Waals surface area contributed by atoms with Gasteiger partial charge in [0, 0.05) is 16.0 Å². The first-order valence-electron chi connectivity index (χ1n) is 7.96.